The van der Waals surface area contributed by atoms with Gasteiger partial charge in [0.05, 0.1) is 5.60 Å². The highest BCUT2D eigenvalue weighted by atomic mass is 16.5. The third-order valence-electron chi connectivity index (χ3n) is 4.28. The van der Waals surface area contributed by atoms with Gasteiger partial charge in [-0.2, -0.15) is 0 Å². The van der Waals surface area contributed by atoms with Gasteiger partial charge in [0.1, 0.15) is 12.4 Å². The Bertz CT molecular complexity index is 438. The van der Waals surface area contributed by atoms with Crippen LogP contribution in [0, 0.1) is 0 Å². The van der Waals surface area contributed by atoms with Crippen molar-refractivity contribution in [2.45, 2.75) is 50.2 Å². The van der Waals surface area contributed by atoms with E-state index in [1.165, 1.54) is 11.1 Å². The minimum absolute atomic E-state index is 0.188. The van der Waals surface area contributed by atoms with E-state index in [4.69, 9.17) is 10.5 Å². The number of nitrogens with two attached hydrogens (primary N) is 1. The van der Waals surface area contributed by atoms with Crippen LogP contribution in [0.3, 0.4) is 0 Å². The zero-order valence-electron chi connectivity index (χ0n) is 10.7. The van der Waals surface area contributed by atoms with Gasteiger partial charge in [-0.15, -0.1) is 0 Å². The number of aliphatic hydroxyl groups is 1. The zero-order valence-corrected chi connectivity index (χ0v) is 10.7. The number of aryl methyl sites for hydroxylation is 1. The Kier molecular flexibility index (Phi) is 3.04. The molecule has 0 bridgehead atoms. The minimum Gasteiger partial charge on any atom is -0.491 e. The Morgan fingerprint density at radius 3 is 2.89 bits per heavy atom. The van der Waals surface area contributed by atoms with Crippen molar-refractivity contribution in [1.29, 1.82) is 0 Å². The maximum Gasteiger partial charge on any atom is 0.119 e. The first kappa shape index (κ1) is 12.0. The van der Waals surface area contributed by atoms with Crippen molar-refractivity contribution in [3.8, 4) is 5.75 Å². The van der Waals surface area contributed by atoms with Crippen molar-refractivity contribution in [2.24, 2.45) is 5.73 Å². The van der Waals surface area contributed by atoms with Crippen molar-refractivity contribution in [1.82, 2.24) is 0 Å². The lowest BCUT2D eigenvalue weighted by molar-refractivity contribution is 0.00139. The molecule has 0 heterocycles. The summed E-state index contributed by atoms with van der Waals surface area (Å²) in [4.78, 5) is 0. The molecule has 1 saturated carbocycles. The van der Waals surface area contributed by atoms with E-state index in [1.54, 1.807) is 0 Å². The van der Waals surface area contributed by atoms with Crippen LogP contribution in [-0.4, -0.2) is 17.3 Å². The maximum absolute atomic E-state index is 10.2. The number of fused-ring (bicyclic) bond motifs is 1. The molecule has 1 aromatic carbocycles. The van der Waals surface area contributed by atoms with Gasteiger partial charge in [-0.25, -0.2) is 0 Å². The lowest BCUT2D eigenvalue weighted by Crippen LogP contribution is -2.32. The number of rotatable bonds is 3. The summed E-state index contributed by atoms with van der Waals surface area (Å²) in [5, 5.41) is 10.2. The molecular formula is C15H21NO2. The van der Waals surface area contributed by atoms with Gasteiger partial charge >= 0.3 is 0 Å². The lowest BCUT2D eigenvalue weighted by atomic mass is 10.0. The summed E-state index contributed by atoms with van der Waals surface area (Å²) in [6, 6.07) is 6.32. The van der Waals surface area contributed by atoms with Crippen LogP contribution in [0.1, 0.15) is 49.3 Å². The summed E-state index contributed by atoms with van der Waals surface area (Å²) in [5.74, 6) is 0.864. The molecule has 1 aromatic rings. The van der Waals surface area contributed by atoms with Gasteiger partial charge in [-0.05, 0) is 48.9 Å². The topological polar surface area (TPSA) is 55.5 Å². The van der Waals surface area contributed by atoms with E-state index in [0.29, 0.717) is 6.61 Å². The Morgan fingerprint density at radius 2 is 2.11 bits per heavy atom. The van der Waals surface area contributed by atoms with Crippen LogP contribution in [-0.2, 0) is 6.42 Å². The van der Waals surface area contributed by atoms with Crippen LogP contribution in [0.25, 0.3) is 0 Å². The van der Waals surface area contributed by atoms with Gasteiger partial charge in [-0.1, -0.05) is 18.9 Å². The summed E-state index contributed by atoms with van der Waals surface area (Å²) in [6.45, 7) is 0.415. The summed E-state index contributed by atoms with van der Waals surface area (Å²) < 4.78 is 5.76. The van der Waals surface area contributed by atoms with E-state index in [1.807, 2.05) is 6.07 Å². The average molecular weight is 247 g/mol. The molecule has 1 atom stereocenters. The molecule has 0 radical (unpaired) electrons. The third-order valence-corrected chi connectivity index (χ3v) is 4.28. The molecule has 0 unspecified atom stereocenters. The van der Waals surface area contributed by atoms with E-state index in [0.717, 1.165) is 44.3 Å². The largest absolute Gasteiger partial charge is 0.491 e. The molecule has 0 spiro atoms. The van der Waals surface area contributed by atoms with Gasteiger partial charge < -0.3 is 15.6 Å². The fraction of sp³-hybridized carbons (Fsp3) is 0.600. The van der Waals surface area contributed by atoms with Gasteiger partial charge in [0.25, 0.3) is 0 Å². The van der Waals surface area contributed by atoms with E-state index >= 15 is 0 Å². The van der Waals surface area contributed by atoms with Crippen LogP contribution >= 0.6 is 0 Å². The number of hydrogen-bond donors (Lipinski definition) is 2. The van der Waals surface area contributed by atoms with Gasteiger partial charge in [0, 0.05) is 6.04 Å². The molecule has 3 rings (SSSR count). The second kappa shape index (κ2) is 4.56. The van der Waals surface area contributed by atoms with Crippen LogP contribution in [0.4, 0.5) is 0 Å². The first-order valence-electron chi connectivity index (χ1n) is 6.90. The van der Waals surface area contributed by atoms with Crippen LogP contribution in [0.5, 0.6) is 5.75 Å². The van der Waals surface area contributed by atoms with Crippen LogP contribution in [0.15, 0.2) is 18.2 Å². The second-order valence-corrected chi connectivity index (χ2v) is 5.73. The minimum atomic E-state index is -0.602. The SMILES string of the molecule is N[C@H]1CCc2cc(OCC3(O)CCCC3)ccc21. The third kappa shape index (κ3) is 2.25. The molecule has 98 valence electrons. The monoisotopic (exact) mass is 247 g/mol. The summed E-state index contributed by atoms with van der Waals surface area (Å²) >= 11 is 0. The predicted octanol–water partition coefficient (Wildman–Crippen LogP) is 2.32. The predicted molar refractivity (Wildman–Crippen MR) is 70.6 cm³/mol. The van der Waals surface area contributed by atoms with Gasteiger partial charge in [0.2, 0.25) is 0 Å². The molecule has 0 aliphatic heterocycles. The lowest BCUT2D eigenvalue weighted by Gasteiger charge is -2.22. The molecule has 3 heteroatoms. The molecule has 3 N–H and O–H groups in total. The molecule has 2 aliphatic rings. The highest BCUT2D eigenvalue weighted by Gasteiger charge is 2.32. The average Bonchev–Trinajstić information content (AvgIpc) is 2.95. The van der Waals surface area contributed by atoms with Crippen molar-refractivity contribution in [2.75, 3.05) is 6.61 Å². The van der Waals surface area contributed by atoms with Crippen molar-refractivity contribution in [3.63, 3.8) is 0 Å². The van der Waals surface area contributed by atoms with Crippen molar-refractivity contribution < 1.29 is 9.84 Å². The summed E-state index contributed by atoms with van der Waals surface area (Å²) in [6.07, 6.45) is 6.02. The van der Waals surface area contributed by atoms with Crippen molar-refractivity contribution >= 4 is 0 Å². The summed E-state index contributed by atoms with van der Waals surface area (Å²) in [5.41, 5.74) is 7.96. The van der Waals surface area contributed by atoms with E-state index in [-0.39, 0.29) is 6.04 Å². The Balaban J connectivity index is 1.67. The molecule has 2 aliphatic carbocycles. The Labute approximate surface area is 108 Å². The van der Waals surface area contributed by atoms with E-state index in [2.05, 4.69) is 12.1 Å². The fourth-order valence-electron chi connectivity index (χ4n) is 3.11. The van der Waals surface area contributed by atoms with Crippen LogP contribution in [0.2, 0.25) is 0 Å². The normalized spacial score (nSPS) is 25.1. The molecule has 0 aromatic heterocycles. The Hall–Kier alpha value is -1.06. The smallest absolute Gasteiger partial charge is 0.119 e. The molecular weight excluding hydrogens is 226 g/mol. The molecule has 1 fully saturated rings. The highest BCUT2D eigenvalue weighted by Crippen LogP contribution is 2.33. The standard InChI is InChI=1S/C15H21NO2/c16-14-6-3-11-9-12(4-5-13(11)14)18-10-15(17)7-1-2-8-15/h4-5,9,14,17H,1-3,6-8,10,16H2/t14-/m0/s1. The maximum atomic E-state index is 10.2. The number of ether oxygens (including phenoxy) is 1. The highest BCUT2D eigenvalue weighted by molar-refractivity contribution is 5.40. The number of benzene rings is 1. The van der Waals surface area contributed by atoms with E-state index in [9.17, 15) is 5.11 Å². The molecule has 18 heavy (non-hydrogen) atoms. The van der Waals surface area contributed by atoms with Gasteiger partial charge in [0.15, 0.2) is 0 Å². The number of hydrogen-bond acceptors (Lipinski definition) is 3. The van der Waals surface area contributed by atoms with E-state index < -0.39 is 5.60 Å². The fourth-order valence-corrected chi connectivity index (χ4v) is 3.11. The molecule has 3 nitrogen and oxygen atoms in total. The summed E-state index contributed by atoms with van der Waals surface area (Å²) in [7, 11) is 0. The van der Waals surface area contributed by atoms with Gasteiger partial charge in [-0.3, -0.25) is 0 Å². The first-order valence-corrected chi connectivity index (χ1v) is 6.90. The first-order chi connectivity index (χ1) is 8.66. The Morgan fingerprint density at radius 1 is 1.33 bits per heavy atom. The quantitative estimate of drug-likeness (QED) is 0.861. The van der Waals surface area contributed by atoms with Crippen LogP contribution < -0.4 is 10.5 Å². The second-order valence-electron chi connectivity index (χ2n) is 5.73. The molecule has 0 saturated heterocycles. The molecule has 0 amide bonds. The zero-order chi connectivity index (χ0) is 12.6. The van der Waals surface area contributed by atoms with Crippen molar-refractivity contribution in [3.05, 3.63) is 29.3 Å².